The molecule has 9 heteroatoms. The molecule has 37 heavy (non-hydrogen) atoms. The molecule has 3 rings (SSSR count). The summed E-state index contributed by atoms with van der Waals surface area (Å²) in [5.74, 6) is -0.840. The van der Waals surface area contributed by atoms with Crippen LogP contribution in [0.2, 0.25) is 0 Å². The number of benzene rings is 3. The van der Waals surface area contributed by atoms with Gasteiger partial charge >= 0.3 is 0 Å². The van der Waals surface area contributed by atoms with Crippen molar-refractivity contribution >= 4 is 43.5 Å². The second kappa shape index (κ2) is 11.9. The number of rotatable bonds is 9. The Labute approximate surface area is 227 Å². The van der Waals surface area contributed by atoms with Gasteiger partial charge in [0, 0.05) is 18.1 Å². The van der Waals surface area contributed by atoms with Crippen LogP contribution in [0.25, 0.3) is 0 Å². The van der Waals surface area contributed by atoms with Gasteiger partial charge in [0.25, 0.3) is 10.0 Å². The van der Waals surface area contributed by atoms with Crippen molar-refractivity contribution < 1.29 is 18.0 Å². The summed E-state index contributed by atoms with van der Waals surface area (Å²) in [5, 5.41) is 2.58. The van der Waals surface area contributed by atoms with Gasteiger partial charge in [-0.05, 0) is 80.8 Å². The van der Waals surface area contributed by atoms with Gasteiger partial charge in [0.1, 0.15) is 12.6 Å². The molecule has 0 aliphatic carbocycles. The maximum Gasteiger partial charge on any atom is 0.264 e. The van der Waals surface area contributed by atoms with Gasteiger partial charge in [0.2, 0.25) is 11.8 Å². The number of nitrogens with one attached hydrogen (secondary N) is 1. The summed E-state index contributed by atoms with van der Waals surface area (Å²) in [6, 6.07) is 18.4. The largest absolute Gasteiger partial charge is 0.357 e. The van der Waals surface area contributed by atoms with E-state index in [1.807, 2.05) is 51.1 Å². The monoisotopic (exact) mass is 585 g/mol. The SMILES string of the molecule is CNC(=O)C(C)N(Cc1cccc(Br)c1)C(=O)CN(c1ccc(C)c(C)c1)S(=O)(=O)c1ccc(C)cc1. The molecule has 7 nitrogen and oxygen atoms in total. The highest BCUT2D eigenvalue weighted by Gasteiger charge is 2.32. The van der Waals surface area contributed by atoms with E-state index in [2.05, 4.69) is 21.2 Å². The van der Waals surface area contributed by atoms with E-state index in [-0.39, 0.29) is 17.3 Å². The van der Waals surface area contributed by atoms with Crippen molar-refractivity contribution in [1.29, 1.82) is 0 Å². The molecule has 2 amide bonds. The number of nitrogens with zero attached hydrogens (tertiary/aromatic N) is 2. The van der Waals surface area contributed by atoms with E-state index in [9.17, 15) is 18.0 Å². The van der Waals surface area contributed by atoms with E-state index in [4.69, 9.17) is 0 Å². The van der Waals surface area contributed by atoms with E-state index in [0.29, 0.717) is 5.69 Å². The third-order valence-electron chi connectivity index (χ3n) is 6.32. The van der Waals surface area contributed by atoms with Gasteiger partial charge in [-0.2, -0.15) is 0 Å². The Kier molecular flexibility index (Phi) is 9.15. The summed E-state index contributed by atoms with van der Waals surface area (Å²) in [6.45, 7) is 7.01. The van der Waals surface area contributed by atoms with Crippen molar-refractivity contribution in [2.24, 2.45) is 0 Å². The minimum atomic E-state index is -4.08. The fourth-order valence-corrected chi connectivity index (χ4v) is 5.72. The zero-order chi connectivity index (χ0) is 27.3. The normalized spacial score (nSPS) is 12.1. The zero-order valence-corrected chi connectivity index (χ0v) is 24.1. The van der Waals surface area contributed by atoms with Gasteiger partial charge in [-0.3, -0.25) is 13.9 Å². The van der Waals surface area contributed by atoms with Crippen LogP contribution in [-0.4, -0.2) is 44.8 Å². The van der Waals surface area contributed by atoms with Crippen LogP contribution in [0.3, 0.4) is 0 Å². The highest BCUT2D eigenvalue weighted by atomic mass is 79.9. The molecule has 0 fully saturated rings. The second-order valence-corrected chi connectivity index (χ2v) is 11.8. The minimum Gasteiger partial charge on any atom is -0.357 e. The molecular formula is C28H32BrN3O4S. The molecule has 1 atom stereocenters. The Morgan fingerprint density at radius 2 is 1.62 bits per heavy atom. The molecule has 196 valence electrons. The number of anilines is 1. The van der Waals surface area contributed by atoms with Crippen LogP contribution in [0.5, 0.6) is 0 Å². The summed E-state index contributed by atoms with van der Waals surface area (Å²) < 4.78 is 29.6. The Balaban J connectivity index is 2.06. The van der Waals surface area contributed by atoms with Gasteiger partial charge in [0.05, 0.1) is 10.6 Å². The lowest BCUT2D eigenvalue weighted by Crippen LogP contribution is -2.50. The zero-order valence-electron chi connectivity index (χ0n) is 21.7. The third-order valence-corrected chi connectivity index (χ3v) is 8.60. The molecule has 0 aliphatic heterocycles. The first-order valence-corrected chi connectivity index (χ1v) is 14.1. The lowest BCUT2D eigenvalue weighted by Gasteiger charge is -2.32. The van der Waals surface area contributed by atoms with Gasteiger partial charge in [0.15, 0.2) is 0 Å². The molecular weight excluding hydrogens is 554 g/mol. The van der Waals surface area contributed by atoms with Gasteiger partial charge < -0.3 is 10.2 Å². The quantitative estimate of drug-likeness (QED) is 0.393. The molecule has 0 aliphatic rings. The van der Waals surface area contributed by atoms with Crippen LogP contribution >= 0.6 is 15.9 Å². The Hall–Kier alpha value is -3.17. The Morgan fingerprint density at radius 3 is 2.22 bits per heavy atom. The molecule has 1 unspecified atom stereocenters. The smallest absolute Gasteiger partial charge is 0.264 e. The average molecular weight is 587 g/mol. The number of hydrogen-bond acceptors (Lipinski definition) is 4. The van der Waals surface area contributed by atoms with Crippen LogP contribution in [-0.2, 0) is 26.2 Å². The number of aryl methyl sites for hydroxylation is 3. The first kappa shape index (κ1) is 28.4. The maximum absolute atomic E-state index is 13.8. The summed E-state index contributed by atoms with van der Waals surface area (Å²) in [6.07, 6.45) is 0. The van der Waals surface area contributed by atoms with E-state index in [1.165, 1.54) is 24.1 Å². The molecule has 0 spiro atoms. The van der Waals surface area contributed by atoms with E-state index < -0.39 is 28.5 Å². The third kappa shape index (κ3) is 6.78. The van der Waals surface area contributed by atoms with Crippen LogP contribution in [0.4, 0.5) is 5.69 Å². The van der Waals surface area contributed by atoms with Crippen molar-refractivity contribution in [3.63, 3.8) is 0 Å². The molecule has 3 aromatic carbocycles. The van der Waals surface area contributed by atoms with E-state index in [0.717, 1.165) is 31.0 Å². The number of carbonyl (C=O) groups is 2. The fourth-order valence-electron chi connectivity index (χ4n) is 3.87. The topological polar surface area (TPSA) is 86.8 Å². The summed E-state index contributed by atoms with van der Waals surface area (Å²) in [7, 11) is -2.58. The Morgan fingerprint density at radius 1 is 0.946 bits per heavy atom. The molecule has 3 aromatic rings. The van der Waals surface area contributed by atoms with E-state index >= 15 is 0 Å². The summed E-state index contributed by atoms with van der Waals surface area (Å²) >= 11 is 3.44. The summed E-state index contributed by atoms with van der Waals surface area (Å²) in [5.41, 5.74) is 4.02. The number of likely N-dealkylation sites (N-methyl/N-ethyl adjacent to an activating group) is 1. The minimum absolute atomic E-state index is 0.0852. The number of sulfonamides is 1. The molecule has 1 N–H and O–H groups in total. The number of carbonyl (C=O) groups excluding carboxylic acids is 2. The number of hydrogen-bond donors (Lipinski definition) is 1. The Bertz CT molecular complexity index is 1390. The first-order chi connectivity index (χ1) is 17.4. The molecule has 0 saturated heterocycles. The van der Waals surface area contributed by atoms with Crippen molar-refractivity contribution in [2.45, 2.75) is 45.2 Å². The average Bonchev–Trinajstić information content (AvgIpc) is 2.86. The fraction of sp³-hybridized carbons (Fsp3) is 0.286. The molecule has 0 aromatic heterocycles. The van der Waals surface area contributed by atoms with Crippen LogP contribution in [0, 0.1) is 20.8 Å². The molecule has 0 bridgehead atoms. The number of amides is 2. The van der Waals surface area contributed by atoms with Crippen molar-refractivity contribution in [2.75, 3.05) is 17.9 Å². The molecule has 0 heterocycles. The standard InChI is InChI=1S/C28H32BrN3O4S/c1-19-9-13-26(14-10-19)37(35,36)32(25-12-11-20(2)21(3)15-25)18-27(33)31(22(4)28(34)30-5)17-23-7-6-8-24(29)16-23/h6-16,22H,17-18H2,1-5H3,(H,30,34). The number of halogens is 1. The maximum atomic E-state index is 13.8. The van der Waals surface area contributed by atoms with Crippen molar-refractivity contribution in [1.82, 2.24) is 10.2 Å². The summed E-state index contributed by atoms with van der Waals surface area (Å²) in [4.78, 5) is 27.8. The van der Waals surface area contributed by atoms with Crippen molar-refractivity contribution in [3.8, 4) is 0 Å². The second-order valence-electron chi connectivity index (χ2n) is 9.04. The molecule has 0 saturated carbocycles. The lowest BCUT2D eigenvalue weighted by molar-refractivity contribution is -0.139. The van der Waals surface area contributed by atoms with Gasteiger partial charge in [-0.25, -0.2) is 8.42 Å². The highest BCUT2D eigenvalue weighted by molar-refractivity contribution is 9.10. The lowest BCUT2D eigenvalue weighted by atomic mass is 10.1. The van der Waals surface area contributed by atoms with Gasteiger partial charge in [-0.1, -0.05) is 51.8 Å². The van der Waals surface area contributed by atoms with Crippen molar-refractivity contribution in [3.05, 3.63) is 93.5 Å². The predicted molar refractivity (Wildman–Crippen MR) is 150 cm³/mol. The van der Waals surface area contributed by atoms with Crippen LogP contribution in [0.1, 0.15) is 29.2 Å². The van der Waals surface area contributed by atoms with Gasteiger partial charge in [-0.15, -0.1) is 0 Å². The first-order valence-electron chi connectivity index (χ1n) is 11.9. The van der Waals surface area contributed by atoms with E-state index in [1.54, 1.807) is 31.2 Å². The predicted octanol–water partition coefficient (Wildman–Crippen LogP) is 4.73. The van der Waals surface area contributed by atoms with Crippen LogP contribution in [0.15, 0.2) is 76.1 Å². The highest BCUT2D eigenvalue weighted by Crippen LogP contribution is 2.27. The molecule has 0 radical (unpaired) electrons. The van der Waals surface area contributed by atoms with Crippen LogP contribution < -0.4 is 9.62 Å².